The average Bonchev–Trinajstić information content (AvgIpc) is 2.60. The third-order valence-electron chi connectivity index (χ3n) is 4.00. The van der Waals surface area contributed by atoms with Gasteiger partial charge in [-0.15, -0.1) is 0 Å². The van der Waals surface area contributed by atoms with Crippen molar-refractivity contribution in [2.24, 2.45) is 0 Å². The summed E-state index contributed by atoms with van der Waals surface area (Å²) in [7, 11) is 4.65. The number of aromatic hydroxyl groups is 2. The summed E-state index contributed by atoms with van der Waals surface area (Å²) in [6, 6.07) is 5.21. The van der Waals surface area contributed by atoms with Gasteiger partial charge in [0.25, 0.3) is 0 Å². The van der Waals surface area contributed by atoms with Crippen LogP contribution in [0.5, 0.6) is 28.7 Å². The van der Waals surface area contributed by atoms with Gasteiger partial charge < -0.3 is 29.5 Å². The smallest absolute Gasteiger partial charge is 0.163 e. The molecule has 24 heavy (non-hydrogen) atoms. The van der Waals surface area contributed by atoms with Crippen LogP contribution in [0.15, 0.2) is 18.2 Å². The summed E-state index contributed by atoms with van der Waals surface area (Å²) < 4.78 is 16.1. The largest absolute Gasteiger partial charge is 0.504 e. The number of phenols is 2. The highest BCUT2D eigenvalue weighted by molar-refractivity contribution is 5.57. The number of rotatable bonds is 6. The van der Waals surface area contributed by atoms with E-state index in [1.54, 1.807) is 46.5 Å². The molecule has 130 valence electrons. The maximum Gasteiger partial charge on any atom is 0.163 e. The summed E-state index contributed by atoms with van der Waals surface area (Å²) in [6.45, 7) is 1.29. The molecule has 0 heterocycles. The molecule has 0 saturated carbocycles. The lowest BCUT2D eigenvalue weighted by Crippen LogP contribution is -2.03. The second kappa shape index (κ2) is 7.31. The van der Waals surface area contributed by atoms with Gasteiger partial charge in [-0.25, -0.2) is 0 Å². The molecule has 6 heteroatoms. The van der Waals surface area contributed by atoms with Crippen molar-refractivity contribution >= 4 is 0 Å². The van der Waals surface area contributed by atoms with Crippen LogP contribution in [0.25, 0.3) is 0 Å². The molecular weight excluding hydrogens is 312 g/mol. The monoisotopic (exact) mass is 334 g/mol. The highest BCUT2D eigenvalue weighted by Gasteiger charge is 2.19. The van der Waals surface area contributed by atoms with Crippen molar-refractivity contribution in [3.05, 3.63) is 40.5 Å². The number of hydrogen-bond donors (Lipinski definition) is 3. The van der Waals surface area contributed by atoms with Gasteiger partial charge in [0.05, 0.1) is 27.9 Å². The van der Waals surface area contributed by atoms with Crippen molar-refractivity contribution in [2.45, 2.75) is 20.0 Å². The fraction of sp³-hybridized carbons (Fsp3) is 0.333. The molecule has 0 unspecified atom stereocenters. The normalized spacial score (nSPS) is 10.5. The predicted molar refractivity (Wildman–Crippen MR) is 89.3 cm³/mol. The molecule has 0 aliphatic carbocycles. The Balaban J connectivity index is 2.60. The van der Waals surface area contributed by atoms with Gasteiger partial charge in [0, 0.05) is 29.7 Å². The van der Waals surface area contributed by atoms with Gasteiger partial charge in [0.1, 0.15) is 17.2 Å². The van der Waals surface area contributed by atoms with Crippen LogP contribution >= 0.6 is 0 Å². The number of aryl methyl sites for hydroxylation is 1. The van der Waals surface area contributed by atoms with Gasteiger partial charge in [-0.1, -0.05) is 6.07 Å². The minimum atomic E-state index is -0.393. The van der Waals surface area contributed by atoms with Crippen LogP contribution < -0.4 is 14.2 Å². The lowest BCUT2D eigenvalue weighted by molar-refractivity contribution is 0.271. The first-order valence-electron chi connectivity index (χ1n) is 7.39. The molecule has 3 N–H and O–H groups in total. The molecule has 6 nitrogen and oxygen atoms in total. The number of benzene rings is 2. The van der Waals surface area contributed by atoms with Gasteiger partial charge in [-0.05, 0) is 18.1 Å². The van der Waals surface area contributed by atoms with E-state index >= 15 is 0 Å². The Morgan fingerprint density at radius 2 is 1.42 bits per heavy atom. The molecular formula is C18H22O6. The summed E-state index contributed by atoms with van der Waals surface area (Å²) in [5.74, 6) is 1.20. The lowest BCUT2D eigenvalue weighted by Gasteiger charge is -2.18. The molecule has 2 rings (SSSR count). The van der Waals surface area contributed by atoms with Gasteiger partial charge in [-0.2, -0.15) is 0 Å². The van der Waals surface area contributed by atoms with E-state index in [1.807, 2.05) is 0 Å². The van der Waals surface area contributed by atoms with E-state index in [2.05, 4.69) is 0 Å². The Morgan fingerprint density at radius 3 is 1.88 bits per heavy atom. The number of methoxy groups -OCH3 is 3. The van der Waals surface area contributed by atoms with Gasteiger partial charge in [-0.3, -0.25) is 0 Å². The second-order valence-electron chi connectivity index (χ2n) is 5.37. The maximum atomic E-state index is 10.1. The van der Waals surface area contributed by atoms with Crippen LogP contribution in [0, 0.1) is 6.92 Å². The third kappa shape index (κ3) is 3.19. The van der Waals surface area contributed by atoms with Crippen LogP contribution in [-0.4, -0.2) is 36.6 Å². The van der Waals surface area contributed by atoms with Gasteiger partial charge >= 0.3 is 0 Å². The van der Waals surface area contributed by atoms with E-state index in [4.69, 9.17) is 14.2 Å². The molecule has 0 aromatic heterocycles. The fourth-order valence-corrected chi connectivity index (χ4v) is 2.68. The molecule has 0 spiro atoms. The van der Waals surface area contributed by atoms with E-state index in [1.165, 1.54) is 0 Å². The maximum absolute atomic E-state index is 10.1. The molecule has 0 saturated heterocycles. The van der Waals surface area contributed by atoms with Crippen molar-refractivity contribution in [3.8, 4) is 28.7 Å². The Hall–Kier alpha value is -2.60. The van der Waals surface area contributed by atoms with Crippen molar-refractivity contribution < 1.29 is 29.5 Å². The summed E-state index contributed by atoms with van der Waals surface area (Å²) in [5.41, 5.74) is 2.22. The third-order valence-corrected chi connectivity index (χ3v) is 4.00. The van der Waals surface area contributed by atoms with Crippen LogP contribution in [0.1, 0.15) is 22.3 Å². The zero-order valence-corrected chi connectivity index (χ0v) is 14.2. The van der Waals surface area contributed by atoms with Crippen molar-refractivity contribution in [2.75, 3.05) is 21.3 Å². The quantitative estimate of drug-likeness (QED) is 0.704. The van der Waals surface area contributed by atoms with Crippen molar-refractivity contribution in [1.29, 1.82) is 0 Å². The lowest BCUT2D eigenvalue weighted by atomic mass is 9.95. The minimum Gasteiger partial charge on any atom is -0.504 e. The van der Waals surface area contributed by atoms with Crippen molar-refractivity contribution in [3.63, 3.8) is 0 Å². The van der Waals surface area contributed by atoms with Crippen LogP contribution in [0.4, 0.5) is 0 Å². The SMILES string of the molecule is COc1cc(OC)c(Cc2cc(C)c(O)c(O)c2CO)c(OC)c1. The highest BCUT2D eigenvalue weighted by atomic mass is 16.5. The van der Waals surface area contributed by atoms with Crippen LogP contribution in [0.2, 0.25) is 0 Å². The minimum absolute atomic E-state index is 0.225. The number of ether oxygens (including phenoxy) is 3. The van der Waals surface area contributed by atoms with E-state index in [9.17, 15) is 15.3 Å². The van der Waals surface area contributed by atoms with E-state index in [0.717, 1.165) is 5.56 Å². The highest BCUT2D eigenvalue weighted by Crippen LogP contribution is 2.40. The first kappa shape index (κ1) is 17.7. The number of aliphatic hydroxyl groups excluding tert-OH is 1. The summed E-state index contributed by atoms with van der Waals surface area (Å²) >= 11 is 0. The van der Waals surface area contributed by atoms with E-state index in [0.29, 0.717) is 34.8 Å². The number of hydrogen-bond acceptors (Lipinski definition) is 6. The van der Waals surface area contributed by atoms with E-state index < -0.39 is 6.61 Å². The molecule has 2 aromatic carbocycles. The molecule has 0 aliphatic rings. The van der Waals surface area contributed by atoms with Crippen LogP contribution in [0.3, 0.4) is 0 Å². The predicted octanol–water partition coefficient (Wildman–Crippen LogP) is 2.52. The molecule has 2 aromatic rings. The second-order valence-corrected chi connectivity index (χ2v) is 5.37. The average molecular weight is 334 g/mol. The topological polar surface area (TPSA) is 88.4 Å². The molecule has 0 fully saturated rings. The fourth-order valence-electron chi connectivity index (χ4n) is 2.68. The van der Waals surface area contributed by atoms with Crippen molar-refractivity contribution in [1.82, 2.24) is 0 Å². The standard InChI is InChI=1S/C18H22O6/c1-10-5-11(14(9-19)18(21)17(10)20)6-13-15(23-3)7-12(22-2)8-16(13)24-4/h5,7-8,19-21H,6,9H2,1-4H3. The molecule has 0 aliphatic heterocycles. The Bertz CT molecular complexity index is 714. The first-order chi connectivity index (χ1) is 11.5. The molecule has 0 amide bonds. The Morgan fingerprint density at radius 1 is 0.833 bits per heavy atom. The summed E-state index contributed by atoms with van der Waals surface area (Å²) in [6.07, 6.45) is 0.348. The van der Waals surface area contributed by atoms with E-state index in [-0.39, 0.29) is 17.1 Å². The Labute approximate surface area is 140 Å². The summed E-state index contributed by atoms with van der Waals surface area (Å²) in [5, 5.41) is 29.5. The zero-order valence-electron chi connectivity index (χ0n) is 14.2. The molecule has 0 atom stereocenters. The molecule has 0 bridgehead atoms. The number of phenolic OH excluding ortho intramolecular Hbond substituents is 1. The molecule has 0 radical (unpaired) electrons. The van der Waals surface area contributed by atoms with Crippen LogP contribution in [-0.2, 0) is 13.0 Å². The number of aliphatic hydroxyl groups is 1. The Kier molecular flexibility index (Phi) is 5.41. The summed E-state index contributed by atoms with van der Waals surface area (Å²) in [4.78, 5) is 0. The zero-order chi connectivity index (χ0) is 17.9. The van der Waals surface area contributed by atoms with Gasteiger partial charge in [0.15, 0.2) is 11.5 Å². The van der Waals surface area contributed by atoms with Gasteiger partial charge in [0.2, 0.25) is 0 Å². The first-order valence-corrected chi connectivity index (χ1v) is 7.39.